The lowest BCUT2D eigenvalue weighted by Gasteiger charge is -2.05. The van der Waals surface area contributed by atoms with Gasteiger partial charge in [-0.1, -0.05) is 6.92 Å². The number of benzene rings is 1. The molecular formula is C10H9NO6. The van der Waals surface area contributed by atoms with Crippen molar-refractivity contribution in [3.63, 3.8) is 0 Å². The van der Waals surface area contributed by atoms with Crippen molar-refractivity contribution in [1.82, 2.24) is 0 Å². The Morgan fingerprint density at radius 3 is 2.59 bits per heavy atom. The average molecular weight is 239 g/mol. The first-order valence-corrected chi connectivity index (χ1v) is 4.68. The second-order valence-corrected chi connectivity index (χ2v) is 3.07. The summed E-state index contributed by atoms with van der Waals surface area (Å²) in [5.41, 5.74) is -0.633. The molecule has 0 unspecified atom stereocenters. The summed E-state index contributed by atoms with van der Waals surface area (Å²) < 4.78 is 4.72. The van der Waals surface area contributed by atoms with E-state index < -0.39 is 16.9 Å². The number of carbonyl (C=O) groups excluding carboxylic acids is 1. The van der Waals surface area contributed by atoms with Gasteiger partial charge in [0, 0.05) is 12.5 Å². The minimum atomic E-state index is -1.32. The second kappa shape index (κ2) is 5.06. The van der Waals surface area contributed by atoms with Crippen LogP contribution in [-0.2, 0) is 4.79 Å². The number of esters is 1. The maximum absolute atomic E-state index is 11.1. The molecular weight excluding hydrogens is 230 g/mol. The van der Waals surface area contributed by atoms with Crippen molar-refractivity contribution in [2.24, 2.45) is 0 Å². The Morgan fingerprint density at radius 2 is 2.12 bits per heavy atom. The molecule has 0 saturated carbocycles. The molecule has 0 bridgehead atoms. The number of rotatable bonds is 4. The molecule has 0 fully saturated rings. The van der Waals surface area contributed by atoms with Crippen LogP contribution in [0.5, 0.6) is 5.75 Å². The van der Waals surface area contributed by atoms with E-state index >= 15 is 0 Å². The number of nitro benzene ring substituents is 1. The largest absolute Gasteiger partial charge is 0.478 e. The molecule has 0 aliphatic heterocycles. The molecule has 1 N–H and O–H groups in total. The summed E-state index contributed by atoms with van der Waals surface area (Å²) in [6.45, 7) is 1.53. The molecule has 17 heavy (non-hydrogen) atoms. The summed E-state index contributed by atoms with van der Waals surface area (Å²) in [4.78, 5) is 31.7. The first-order valence-electron chi connectivity index (χ1n) is 4.68. The smallest absolute Gasteiger partial charge is 0.339 e. The van der Waals surface area contributed by atoms with Gasteiger partial charge in [-0.3, -0.25) is 14.9 Å². The average Bonchev–Trinajstić information content (AvgIpc) is 2.28. The van der Waals surface area contributed by atoms with E-state index in [1.54, 1.807) is 0 Å². The van der Waals surface area contributed by atoms with Gasteiger partial charge in [-0.15, -0.1) is 0 Å². The molecule has 0 atom stereocenters. The fourth-order valence-electron chi connectivity index (χ4n) is 1.08. The lowest BCUT2D eigenvalue weighted by atomic mass is 10.2. The van der Waals surface area contributed by atoms with Crippen molar-refractivity contribution >= 4 is 17.6 Å². The normalized spacial score (nSPS) is 9.71. The lowest BCUT2D eigenvalue weighted by molar-refractivity contribution is -0.384. The number of ether oxygens (including phenoxy) is 1. The van der Waals surface area contributed by atoms with Gasteiger partial charge >= 0.3 is 11.9 Å². The zero-order valence-corrected chi connectivity index (χ0v) is 8.87. The summed E-state index contributed by atoms with van der Waals surface area (Å²) in [6.07, 6.45) is 0.0434. The van der Waals surface area contributed by atoms with E-state index in [0.29, 0.717) is 0 Å². The van der Waals surface area contributed by atoms with Crippen LogP contribution in [0.2, 0.25) is 0 Å². The molecule has 7 heteroatoms. The van der Waals surface area contributed by atoms with E-state index in [9.17, 15) is 19.7 Å². The highest BCUT2D eigenvalue weighted by Gasteiger charge is 2.18. The van der Waals surface area contributed by atoms with Gasteiger partial charge in [0.25, 0.3) is 5.69 Å². The Hall–Kier alpha value is -2.44. The predicted octanol–water partition coefficient (Wildman–Crippen LogP) is 1.61. The molecule has 7 nitrogen and oxygen atoms in total. The number of nitrogens with zero attached hydrogens (tertiary/aromatic N) is 1. The SMILES string of the molecule is CCC(=O)Oc1cc([N+](=O)[O-])ccc1C(=O)O. The number of hydrogen-bond acceptors (Lipinski definition) is 5. The number of aromatic carboxylic acids is 1. The van der Waals surface area contributed by atoms with Gasteiger partial charge in [-0.25, -0.2) is 4.79 Å². The standard InChI is InChI=1S/C10H9NO6/c1-2-9(12)17-8-5-6(11(15)16)3-4-7(8)10(13)14/h3-5H,2H2,1H3,(H,13,14). The molecule has 0 aromatic heterocycles. The third kappa shape index (κ3) is 3.00. The summed E-state index contributed by atoms with van der Waals surface area (Å²) >= 11 is 0. The molecule has 90 valence electrons. The highest BCUT2D eigenvalue weighted by molar-refractivity contribution is 5.92. The van der Waals surface area contributed by atoms with Gasteiger partial charge in [0.1, 0.15) is 5.56 Å². The van der Waals surface area contributed by atoms with Gasteiger partial charge in [0.05, 0.1) is 11.0 Å². The van der Waals surface area contributed by atoms with Crippen LogP contribution < -0.4 is 4.74 Å². The Morgan fingerprint density at radius 1 is 1.47 bits per heavy atom. The van der Waals surface area contributed by atoms with Gasteiger partial charge in [-0.2, -0.15) is 0 Å². The molecule has 0 spiro atoms. The van der Waals surface area contributed by atoms with E-state index in [-0.39, 0.29) is 23.4 Å². The zero-order chi connectivity index (χ0) is 13.0. The van der Waals surface area contributed by atoms with E-state index in [2.05, 4.69) is 0 Å². The highest BCUT2D eigenvalue weighted by atomic mass is 16.6. The molecule has 0 amide bonds. The topological polar surface area (TPSA) is 107 Å². The Labute approximate surface area is 95.8 Å². The number of hydrogen-bond donors (Lipinski definition) is 1. The van der Waals surface area contributed by atoms with Crippen LogP contribution in [-0.4, -0.2) is 22.0 Å². The van der Waals surface area contributed by atoms with Crippen LogP contribution in [0.25, 0.3) is 0 Å². The van der Waals surface area contributed by atoms with Crippen molar-refractivity contribution in [1.29, 1.82) is 0 Å². The van der Waals surface area contributed by atoms with E-state index in [1.807, 2.05) is 0 Å². The fourth-order valence-corrected chi connectivity index (χ4v) is 1.08. The maximum Gasteiger partial charge on any atom is 0.339 e. The fraction of sp³-hybridized carbons (Fsp3) is 0.200. The number of nitro groups is 1. The Balaban J connectivity index is 3.20. The number of non-ortho nitro benzene ring substituents is 1. The molecule has 1 rings (SSSR count). The highest BCUT2D eigenvalue weighted by Crippen LogP contribution is 2.25. The van der Waals surface area contributed by atoms with Crippen LogP contribution in [0.4, 0.5) is 5.69 Å². The van der Waals surface area contributed by atoms with Crippen LogP contribution in [0.1, 0.15) is 23.7 Å². The third-order valence-corrected chi connectivity index (χ3v) is 1.92. The first-order chi connectivity index (χ1) is 7.95. The summed E-state index contributed by atoms with van der Waals surface area (Å²) in [6, 6.07) is 2.97. The molecule has 0 aliphatic carbocycles. The predicted molar refractivity (Wildman–Crippen MR) is 56.0 cm³/mol. The van der Waals surface area contributed by atoms with Crippen LogP contribution in [0.3, 0.4) is 0 Å². The number of carboxylic acid groups (broad SMARTS) is 1. The molecule has 0 saturated heterocycles. The Bertz CT molecular complexity index is 482. The summed E-state index contributed by atoms with van der Waals surface area (Å²) in [5.74, 6) is -2.30. The van der Waals surface area contributed by atoms with Gasteiger partial charge in [0.2, 0.25) is 0 Å². The minimum absolute atomic E-state index is 0.0434. The Kier molecular flexibility index (Phi) is 3.76. The quantitative estimate of drug-likeness (QED) is 0.370. The minimum Gasteiger partial charge on any atom is -0.478 e. The van der Waals surface area contributed by atoms with Gasteiger partial charge in [0.15, 0.2) is 5.75 Å². The van der Waals surface area contributed by atoms with E-state index in [4.69, 9.17) is 9.84 Å². The van der Waals surface area contributed by atoms with Crippen molar-refractivity contribution in [3.05, 3.63) is 33.9 Å². The van der Waals surface area contributed by atoms with Crippen molar-refractivity contribution in [2.75, 3.05) is 0 Å². The van der Waals surface area contributed by atoms with Crippen LogP contribution in [0.15, 0.2) is 18.2 Å². The van der Waals surface area contributed by atoms with E-state index in [0.717, 1.165) is 18.2 Å². The van der Waals surface area contributed by atoms with E-state index in [1.165, 1.54) is 6.92 Å². The monoisotopic (exact) mass is 239 g/mol. The first kappa shape index (κ1) is 12.6. The molecule has 0 radical (unpaired) electrons. The molecule has 1 aromatic rings. The lowest BCUT2D eigenvalue weighted by Crippen LogP contribution is -2.10. The third-order valence-electron chi connectivity index (χ3n) is 1.92. The van der Waals surface area contributed by atoms with Crippen molar-refractivity contribution in [2.45, 2.75) is 13.3 Å². The summed E-state index contributed by atoms with van der Waals surface area (Å²) in [5, 5.41) is 19.3. The summed E-state index contributed by atoms with van der Waals surface area (Å²) in [7, 11) is 0. The molecule has 0 heterocycles. The van der Waals surface area contributed by atoms with Gasteiger partial charge in [-0.05, 0) is 6.07 Å². The maximum atomic E-state index is 11.1. The zero-order valence-electron chi connectivity index (χ0n) is 8.87. The molecule has 1 aromatic carbocycles. The number of carbonyl (C=O) groups is 2. The van der Waals surface area contributed by atoms with Crippen LogP contribution >= 0.6 is 0 Å². The number of carboxylic acids is 1. The van der Waals surface area contributed by atoms with Crippen molar-refractivity contribution < 1.29 is 24.4 Å². The second-order valence-electron chi connectivity index (χ2n) is 3.07. The molecule has 0 aliphatic rings. The van der Waals surface area contributed by atoms with Crippen molar-refractivity contribution in [3.8, 4) is 5.75 Å². The van der Waals surface area contributed by atoms with Crippen LogP contribution in [0, 0.1) is 10.1 Å². The van der Waals surface area contributed by atoms with Gasteiger partial charge < -0.3 is 9.84 Å².